The van der Waals surface area contributed by atoms with E-state index < -0.39 is 6.04 Å². The Kier molecular flexibility index (Phi) is 9.56. The van der Waals surface area contributed by atoms with Crippen LogP contribution in [0.25, 0.3) is 6.08 Å². The lowest BCUT2D eigenvalue weighted by molar-refractivity contribution is -0.113. The monoisotopic (exact) mass is 665 g/mol. The summed E-state index contributed by atoms with van der Waals surface area (Å²) in [5.41, 5.74) is 3.64. The fourth-order valence-electron chi connectivity index (χ4n) is 5.40. The van der Waals surface area contributed by atoms with Gasteiger partial charge in [-0.1, -0.05) is 83.6 Å². The number of methoxy groups -OCH3 is 1. The third kappa shape index (κ3) is 6.86. The lowest BCUT2D eigenvalue weighted by atomic mass is 9.95. The molecule has 0 fully saturated rings. The first-order valence-electron chi connectivity index (χ1n) is 15.0. The number of hydrogen-bond acceptors (Lipinski definition) is 7. The van der Waals surface area contributed by atoms with Gasteiger partial charge in [0.05, 0.1) is 40.6 Å². The molecule has 0 aliphatic carbocycles. The van der Waals surface area contributed by atoms with Gasteiger partial charge in [0.25, 0.3) is 11.5 Å². The molecule has 1 aromatic heterocycles. The molecule has 1 aliphatic rings. The molecule has 0 radical (unpaired) electrons. The Morgan fingerprint density at radius 2 is 1.70 bits per heavy atom. The van der Waals surface area contributed by atoms with E-state index in [1.165, 1.54) is 11.3 Å². The van der Waals surface area contributed by atoms with Crippen molar-refractivity contribution >= 4 is 40.6 Å². The smallest absolute Gasteiger partial charge is 0.271 e. The summed E-state index contributed by atoms with van der Waals surface area (Å²) < 4.78 is 19.3. The number of benzene rings is 4. The van der Waals surface area contributed by atoms with Gasteiger partial charge in [0.2, 0.25) is 0 Å². The molecule has 6 rings (SSSR count). The molecule has 5 aromatic rings. The summed E-state index contributed by atoms with van der Waals surface area (Å²) in [5.74, 6) is 1.21. The molecular formula is C37H32ClN3O5S. The summed E-state index contributed by atoms with van der Waals surface area (Å²) in [5, 5.41) is 3.32. The zero-order valence-corrected chi connectivity index (χ0v) is 27.6. The van der Waals surface area contributed by atoms with Gasteiger partial charge in [0.15, 0.2) is 16.3 Å². The van der Waals surface area contributed by atoms with Crippen molar-refractivity contribution in [2.24, 2.45) is 4.99 Å². The number of carbonyl (C=O) groups excluding carboxylic acids is 1. The second-order valence-electron chi connectivity index (χ2n) is 10.7. The molecule has 1 aliphatic heterocycles. The second kappa shape index (κ2) is 14.1. The number of thiazole rings is 1. The number of nitrogens with zero attached hydrogens (tertiary/aromatic N) is 2. The second-order valence-corrected chi connectivity index (χ2v) is 12.1. The maximum atomic E-state index is 14.2. The molecular weight excluding hydrogens is 634 g/mol. The molecule has 47 heavy (non-hydrogen) atoms. The number of allylic oxidation sites excluding steroid dienone is 1. The maximum Gasteiger partial charge on any atom is 0.271 e. The number of rotatable bonds is 10. The molecule has 0 saturated heterocycles. The molecule has 1 N–H and O–H groups in total. The highest BCUT2D eigenvalue weighted by Crippen LogP contribution is 2.37. The van der Waals surface area contributed by atoms with Crippen molar-refractivity contribution in [3.05, 3.63) is 150 Å². The van der Waals surface area contributed by atoms with Gasteiger partial charge >= 0.3 is 0 Å². The Hall–Kier alpha value is -5.12. The van der Waals surface area contributed by atoms with E-state index in [1.54, 1.807) is 36.8 Å². The normalized spacial score (nSPS) is 14.3. The number of amides is 1. The van der Waals surface area contributed by atoms with Crippen LogP contribution in [0, 0.1) is 0 Å². The zero-order chi connectivity index (χ0) is 32.9. The molecule has 0 spiro atoms. The molecule has 8 nitrogen and oxygen atoms in total. The summed E-state index contributed by atoms with van der Waals surface area (Å²) in [6.07, 6.45) is 1.75. The molecule has 10 heteroatoms. The minimum Gasteiger partial charge on any atom is -0.494 e. The zero-order valence-electron chi connectivity index (χ0n) is 26.0. The lowest BCUT2D eigenvalue weighted by Crippen LogP contribution is -2.40. The Morgan fingerprint density at radius 3 is 2.38 bits per heavy atom. The van der Waals surface area contributed by atoms with Crippen molar-refractivity contribution in [3.8, 4) is 17.2 Å². The fraction of sp³-hybridized carbons (Fsp3) is 0.162. The summed E-state index contributed by atoms with van der Waals surface area (Å²) in [6.45, 7) is 4.54. The van der Waals surface area contributed by atoms with Crippen LogP contribution in [0.4, 0.5) is 5.69 Å². The highest BCUT2D eigenvalue weighted by atomic mass is 35.5. The van der Waals surface area contributed by atoms with Crippen molar-refractivity contribution < 1.29 is 19.0 Å². The van der Waals surface area contributed by atoms with Crippen LogP contribution in [0.3, 0.4) is 0 Å². The van der Waals surface area contributed by atoms with Crippen molar-refractivity contribution in [2.45, 2.75) is 26.5 Å². The van der Waals surface area contributed by atoms with E-state index in [1.807, 2.05) is 91.9 Å². The highest BCUT2D eigenvalue weighted by Gasteiger charge is 2.32. The topological polar surface area (TPSA) is 91.2 Å². The quantitative estimate of drug-likeness (QED) is 0.184. The van der Waals surface area contributed by atoms with Crippen LogP contribution in [0.1, 0.15) is 36.6 Å². The fourth-order valence-corrected chi connectivity index (χ4v) is 6.72. The van der Waals surface area contributed by atoms with E-state index in [0.29, 0.717) is 67.3 Å². The molecule has 0 saturated carbocycles. The number of aromatic nitrogens is 1. The van der Waals surface area contributed by atoms with Crippen molar-refractivity contribution in [2.75, 3.05) is 19.0 Å². The molecule has 0 unspecified atom stereocenters. The molecule has 1 atom stereocenters. The predicted octanol–water partition coefficient (Wildman–Crippen LogP) is 6.51. The first-order valence-corrected chi connectivity index (χ1v) is 16.2. The number of ether oxygens (including phenoxy) is 3. The van der Waals surface area contributed by atoms with Gasteiger partial charge in [-0.2, -0.15) is 0 Å². The van der Waals surface area contributed by atoms with Crippen molar-refractivity contribution in [1.29, 1.82) is 0 Å². The summed E-state index contributed by atoms with van der Waals surface area (Å²) in [4.78, 5) is 33.2. The number of para-hydroxylation sites is 1. The van der Waals surface area contributed by atoms with Gasteiger partial charge in [-0.3, -0.25) is 14.2 Å². The number of anilines is 1. The summed E-state index contributed by atoms with van der Waals surface area (Å²) >= 11 is 7.92. The van der Waals surface area contributed by atoms with Crippen LogP contribution in [-0.4, -0.2) is 24.2 Å². The third-order valence-electron chi connectivity index (χ3n) is 7.58. The molecule has 2 heterocycles. The first kappa shape index (κ1) is 31.8. The number of carbonyl (C=O) groups is 1. The van der Waals surface area contributed by atoms with E-state index in [0.717, 1.165) is 11.1 Å². The van der Waals surface area contributed by atoms with Crippen molar-refractivity contribution in [1.82, 2.24) is 4.57 Å². The largest absolute Gasteiger partial charge is 0.494 e. The van der Waals surface area contributed by atoms with Gasteiger partial charge in [-0.25, -0.2) is 4.99 Å². The molecule has 238 valence electrons. The van der Waals surface area contributed by atoms with Crippen LogP contribution in [0.15, 0.2) is 118 Å². The van der Waals surface area contributed by atoms with E-state index in [9.17, 15) is 9.59 Å². The van der Waals surface area contributed by atoms with E-state index >= 15 is 0 Å². The minimum atomic E-state index is -0.723. The van der Waals surface area contributed by atoms with E-state index in [4.69, 9.17) is 30.8 Å². The van der Waals surface area contributed by atoms with Crippen LogP contribution < -0.4 is 34.4 Å². The van der Waals surface area contributed by atoms with Crippen LogP contribution in [0.5, 0.6) is 17.2 Å². The average Bonchev–Trinajstić information content (AvgIpc) is 3.38. The van der Waals surface area contributed by atoms with Crippen LogP contribution in [-0.2, 0) is 11.4 Å². The number of hydrogen-bond donors (Lipinski definition) is 1. The van der Waals surface area contributed by atoms with Gasteiger partial charge in [-0.05, 0) is 73.0 Å². The molecule has 1 amide bonds. The summed E-state index contributed by atoms with van der Waals surface area (Å²) in [6, 6.07) is 29.2. The van der Waals surface area contributed by atoms with Gasteiger partial charge in [-0.15, -0.1) is 0 Å². The van der Waals surface area contributed by atoms with Gasteiger partial charge in [0.1, 0.15) is 12.4 Å². The number of halogens is 1. The minimum absolute atomic E-state index is 0.287. The van der Waals surface area contributed by atoms with Crippen LogP contribution >= 0.6 is 22.9 Å². The maximum absolute atomic E-state index is 14.2. The third-order valence-corrected chi connectivity index (χ3v) is 8.84. The Labute approximate surface area is 280 Å². The lowest BCUT2D eigenvalue weighted by Gasteiger charge is -2.25. The first-order chi connectivity index (χ1) is 22.9. The van der Waals surface area contributed by atoms with E-state index in [-0.39, 0.29) is 11.5 Å². The Morgan fingerprint density at radius 1 is 1.00 bits per heavy atom. The number of nitrogens with one attached hydrogen (secondary N) is 1. The van der Waals surface area contributed by atoms with E-state index in [2.05, 4.69) is 5.32 Å². The van der Waals surface area contributed by atoms with Gasteiger partial charge < -0.3 is 19.5 Å². The average molecular weight is 666 g/mol. The Balaban J connectivity index is 1.41. The molecule has 4 aromatic carbocycles. The highest BCUT2D eigenvalue weighted by molar-refractivity contribution is 7.07. The number of fused-ring (bicyclic) bond motifs is 1. The molecule has 0 bridgehead atoms. The predicted molar refractivity (Wildman–Crippen MR) is 185 cm³/mol. The van der Waals surface area contributed by atoms with Gasteiger partial charge in [0, 0.05) is 5.69 Å². The standard InChI is InChI=1S/C37H32ClN3O5S/c1-4-45-28-17-15-26(16-18-28)33-32(35(42)40-27-13-9-6-10-14-27)23(2)39-37-41(33)36(43)31(47-37)21-25-19-29(38)34(30(20-25)44-3)46-22-24-11-7-5-8-12-24/h5-21,33H,4,22H2,1-3H3,(H,40,42)/b31-21-/t33-/m1/s1. The van der Waals surface area contributed by atoms with Crippen LogP contribution in [0.2, 0.25) is 5.02 Å². The SMILES string of the molecule is CCOc1ccc([C@@H]2C(C(=O)Nc3ccccc3)=C(C)N=c3s/c(=C\c4cc(Cl)c(OCc5ccccc5)c(OC)c4)c(=O)n32)cc1. The Bertz CT molecular complexity index is 2130. The van der Waals surface area contributed by atoms with Crippen molar-refractivity contribution in [3.63, 3.8) is 0 Å². The summed E-state index contributed by atoms with van der Waals surface area (Å²) in [7, 11) is 1.54.